The standard InChI is InChI=1S/C10H18N2/c1-9(2)12-7-10(8-12)11-5-3-4-6-11/h3-4,9-10H,5-8H2,1-2H3. The van der Waals surface area contributed by atoms with Crippen molar-refractivity contribution < 1.29 is 0 Å². The monoisotopic (exact) mass is 166 g/mol. The van der Waals surface area contributed by atoms with Crippen LogP contribution in [0.1, 0.15) is 13.8 Å². The van der Waals surface area contributed by atoms with Crippen molar-refractivity contribution in [3.05, 3.63) is 12.2 Å². The normalized spacial score (nSPS) is 26.9. The van der Waals surface area contributed by atoms with Crippen molar-refractivity contribution in [2.75, 3.05) is 26.2 Å². The van der Waals surface area contributed by atoms with Gasteiger partial charge in [-0.3, -0.25) is 9.80 Å². The van der Waals surface area contributed by atoms with Crippen LogP contribution in [0.3, 0.4) is 0 Å². The first-order valence-corrected chi connectivity index (χ1v) is 4.90. The third-order valence-corrected chi connectivity index (χ3v) is 2.98. The zero-order chi connectivity index (χ0) is 8.55. The van der Waals surface area contributed by atoms with E-state index in [1.165, 1.54) is 26.2 Å². The highest BCUT2D eigenvalue weighted by Crippen LogP contribution is 2.18. The molecule has 1 saturated heterocycles. The molecule has 0 aromatic carbocycles. The van der Waals surface area contributed by atoms with Gasteiger partial charge < -0.3 is 0 Å². The summed E-state index contributed by atoms with van der Waals surface area (Å²) >= 11 is 0. The van der Waals surface area contributed by atoms with E-state index in [1.54, 1.807) is 0 Å². The Hall–Kier alpha value is -0.340. The van der Waals surface area contributed by atoms with E-state index in [0.29, 0.717) is 0 Å². The van der Waals surface area contributed by atoms with Crippen LogP contribution in [-0.2, 0) is 0 Å². The Labute approximate surface area is 74.8 Å². The minimum absolute atomic E-state index is 0.733. The van der Waals surface area contributed by atoms with E-state index in [9.17, 15) is 0 Å². The van der Waals surface area contributed by atoms with Crippen molar-refractivity contribution in [3.8, 4) is 0 Å². The smallest absolute Gasteiger partial charge is 0.0357 e. The Morgan fingerprint density at radius 2 is 1.75 bits per heavy atom. The number of nitrogens with zero attached hydrogens (tertiary/aromatic N) is 2. The molecule has 0 bridgehead atoms. The van der Waals surface area contributed by atoms with E-state index in [4.69, 9.17) is 0 Å². The van der Waals surface area contributed by atoms with Crippen LogP contribution in [-0.4, -0.2) is 48.1 Å². The fraction of sp³-hybridized carbons (Fsp3) is 0.800. The van der Waals surface area contributed by atoms with Gasteiger partial charge >= 0.3 is 0 Å². The molecule has 2 nitrogen and oxygen atoms in total. The molecule has 2 heteroatoms. The summed E-state index contributed by atoms with van der Waals surface area (Å²) in [5, 5.41) is 0. The van der Waals surface area contributed by atoms with E-state index in [0.717, 1.165) is 12.1 Å². The van der Waals surface area contributed by atoms with Gasteiger partial charge in [-0.15, -0.1) is 0 Å². The van der Waals surface area contributed by atoms with Crippen LogP contribution < -0.4 is 0 Å². The summed E-state index contributed by atoms with van der Waals surface area (Å²) in [5.74, 6) is 0. The van der Waals surface area contributed by atoms with Gasteiger partial charge in [0.25, 0.3) is 0 Å². The number of rotatable bonds is 2. The fourth-order valence-electron chi connectivity index (χ4n) is 1.93. The number of hydrogen-bond acceptors (Lipinski definition) is 2. The van der Waals surface area contributed by atoms with Crippen molar-refractivity contribution in [1.82, 2.24) is 9.80 Å². The van der Waals surface area contributed by atoms with Crippen molar-refractivity contribution in [3.63, 3.8) is 0 Å². The van der Waals surface area contributed by atoms with Crippen LogP contribution in [0.15, 0.2) is 12.2 Å². The molecule has 2 heterocycles. The molecular weight excluding hydrogens is 148 g/mol. The second kappa shape index (κ2) is 3.19. The van der Waals surface area contributed by atoms with Crippen molar-refractivity contribution in [1.29, 1.82) is 0 Å². The molecule has 0 atom stereocenters. The third-order valence-electron chi connectivity index (χ3n) is 2.98. The lowest BCUT2D eigenvalue weighted by Gasteiger charge is -2.46. The van der Waals surface area contributed by atoms with Crippen molar-refractivity contribution in [2.45, 2.75) is 25.9 Å². The molecule has 0 radical (unpaired) electrons. The van der Waals surface area contributed by atoms with Crippen LogP contribution in [0, 0.1) is 0 Å². The Morgan fingerprint density at radius 3 is 2.25 bits per heavy atom. The summed E-state index contributed by atoms with van der Waals surface area (Å²) in [6.45, 7) is 9.46. The lowest BCUT2D eigenvalue weighted by molar-refractivity contribution is 0.0285. The molecule has 0 unspecified atom stereocenters. The van der Waals surface area contributed by atoms with Gasteiger partial charge in [-0.1, -0.05) is 12.2 Å². The molecule has 68 valence electrons. The molecule has 0 spiro atoms. The summed E-state index contributed by atoms with van der Waals surface area (Å²) in [5.41, 5.74) is 0. The molecule has 2 aliphatic heterocycles. The predicted molar refractivity (Wildman–Crippen MR) is 51.2 cm³/mol. The van der Waals surface area contributed by atoms with Gasteiger partial charge in [-0.25, -0.2) is 0 Å². The first kappa shape index (κ1) is 8.27. The zero-order valence-electron chi connectivity index (χ0n) is 8.03. The highest BCUT2D eigenvalue weighted by atomic mass is 15.3. The second-order valence-corrected chi connectivity index (χ2v) is 4.13. The van der Waals surface area contributed by atoms with E-state index in [2.05, 4.69) is 35.8 Å². The maximum atomic E-state index is 2.55. The van der Waals surface area contributed by atoms with E-state index >= 15 is 0 Å². The maximum Gasteiger partial charge on any atom is 0.0357 e. The van der Waals surface area contributed by atoms with Gasteiger partial charge in [-0.05, 0) is 13.8 Å². The lowest BCUT2D eigenvalue weighted by Crippen LogP contribution is -2.60. The molecule has 0 N–H and O–H groups in total. The van der Waals surface area contributed by atoms with Gasteiger partial charge in [0.15, 0.2) is 0 Å². The largest absolute Gasteiger partial charge is 0.298 e. The molecule has 1 fully saturated rings. The molecule has 2 rings (SSSR count). The third kappa shape index (κ3) is 1.41. The average molecular weight is 166 g/mol. The van der Waals surface area contributed by atoms with E-state index in [1.807, 2.05) is 0 Å². The summed E-state index contributed by atoms with van der Waals surface area (Å²) in [7, 11) is 0. The van der Waals surface area contributed by atoms with Gasteiger partial charge in [0.05, 0.1) is 0 Å². The molecule has 0 aromatic heterocycles. The molecule has 0 aliphatic carbocycles. The second-order valence-electron chi connectivity index (χ2n) is 4.13. The lowest BCUT2D eigenvalue weighted by atomic mass is 10.1. The Balaban J connectivity index is 1.74. The summed E-state index contributed by atoms with van der Waals surface area (Å²) in [4.78, 5) is 5.09. The predicted octanol–water partition coefficient (Wildman–Crippen LogP) is 0.951. The average Bonchev–Trinajstić information content (AvgIpc) is 2.34. The number of hydrogen-bond donors (Lipinski definition) is 0. The summed E-state index contributed by atoms with van der Waals surface area (Å²) < 4.78 is 0. The molecule has 0 aromatic rings. The van der Waals surface area contributed by atoms with Crippen molar-refractivity contribution in [2.24, 2.45) is 0 Å². The Morgan fingerprint density at radius 1 is 1.17 bits per heavy atom. The van der Waals surface area contributed by atoms with E-state index < -0.39 is 0 Å². The first-order valence-electron chi connectivity index (χ1n) is 4.90. The van der Waals surface area contributed by atoms with Gasteiger partial charge in [0.2, 0.25) is 0 Å². The Kier molecular flexibility index (Phi) is 2.20. The SMILES string of the molecule is CC(C)N1CC(N2CC=CC2)C1. The molecule has 2 aliphatic rings. The maximum absolute atomic E-state index is 2.55. The number of likely N-dealkylation sites (tertiary alicyclic amines) is 1. The van der Waals surface area contributed by atoms with Crippen LogP contribution in [0.4, 0.5) is 0 Å². The molecular formula is C10H18N2. The highest BCUT2D eigenvalue weighted by molar-refractivity contribution is 5.01. The molecule has 0 saturated carbocycles. The summed E-state index contributed by atoms with van der Waals surface area (Å²) in [6.07, 6.45) is 4.55. The highest BCUT2D eigenvalue weighted by Gasteiger charge is 2.32. The first-order chi connectivity index (χ1) is 5.77. The summed E-state index contributed by atoms with van der Waals surface area (Å²) in [6, 6.07) is 1.57. The molecule has 12 heavy (non-hydrogen) atoms. The zero-order valence-corrected chi connectivity index (χ0v) is 8.03. The van der Waals surface area contributed by atoms with Gasteiger partial charge in [-0.2, -0.15) is 0 Å². The fourth-order valence-corrected chi connectivity index (χ4v) is 1.93. The minimum atomic E-state index is 0.733. The topological polar surface area (TPSA) is 6.48 Å². The van der Waals surface area contributed by atoms with Crippen LogP contribution in [0.5, 0.6) is 0 Å². The van der Waals surface area contributed by atoms with Crippen LogP contribution in [0.25, 0.3) is 0 Å². The quantitative estimate of drug-likeness (QED) is 0.564. The van der Waals surface area contributed by atoms with Gasteiger partial charge in [0.1, 0.15) is 0 Å². The molecule has 0 amide bonds. The minimum Gasteiger partial charge on any atom is -0.298 e. The van der Waals surface area contributed by atoms with E-state index in [-0.39, 0.29) is 0 Å². The van der Waals surface area contributed by atoms with Crippen molar-refractivity contribution >= 4 is 0 Å². The van der Waals surface area contributed by atoms with Crippen LogP contribution >= 0.6 is 0 Å². The van der Waals surface area contributed by atoms with Gasteiger partial charge in [0, 0.05) is 38.3 Å². The van der Waals surface area contributed by atoms with Crippen LogP contribution in [0.2, 0.25) is 0 Å². The Bertz CT molecular complexity index is 172.